The van der Waals surface area contributed by atoms with E-state index in [2.05, 4.69) is 44.2 Å². The van der Waals surface area contributed by atoms with Gasteiger partial charge in [0.1, 0.15) is 6.07 Å². The fourth-order valence-electron chi connectivity index (χ4n) is 4.19. The highest BCUT2D eigenvalue weighted by atomic mass is 16.1. The molecular weight excluding hydrogens is 454 g/mol. The van der Waals surface area contributed by atoms with E-state index >= 15 is 0 Å². The Labute approximate surface area is 221 Å². The third-order valence-corrected chi connectivity index (χ3v) is 6.34. The lowest BCUT2D eigenvalue weighted by atomic mass is 9.98. The lowest BCUT2D eigenvalue weighted by molar-refractivity contribution is -0.115. The van der Waals surface area contributed by atoms with E-state index in [1.54, 1.807) is 6.08 Å². The maximum atomic E-state index is 12.7. The van der Waals surface area contributed by atoms with Crippen LogP contribution in [0.1, 0.15) is 67.0 Å². The summed E-state index contributed by atoms with van der Waals surface area (Å²) in [6.45, 7) is 6.15. The minimum atomic E-state index is -0.215. The van der Waals surface area contributed by atoms with E-state index < -0.39 is 0 Å². The molecule has 0 amide bonds. The van der Waals surface area contributed by atoms with Crippen molar-refractivity contribution in [3.8, 4) is 6.07 Å². The maximum absolute atomic E-state index is 12.7. The highest BCUT2D eigenvalue weighted by Crippen LogP contribution is 2.16. The molecule has 0 heterocycles. The van der Waals surface area contributed by atoms with E-state index in [1.165, 1.54) is 11.1 Å². The van der Waals surface area contributed by atoms with Gasteiger partial charge in [-0.1, -0.05) is 99.5 Å². The second kappa shape index (κ2) is 13.9. The first-order valence-corrected chi connectivity index (χ1v) is 13.0. The summed E-state index contributed by atoms with van der Waals surface area (Å²) >= 11 is 0. The molecule has 3 heteroatoms. The van der Waals surface area contributed by atoms with Gasteiger partial charge in [-0.05, 0) is 70.9 Å². The second-order valence-corrected chi connectivity index (χ2v) is 9.50. The molecule has 0 fully saturated rings. The fourth-order valence-corrected chi connectivity index (χ4v) is 4.19. The summed E-state index contributed by atoms with van der Waals surface area (Å²) < 4.78 is 0. The lowest BCUT2D eigenvalue weighted by Gasteiger charge is -2.06. The monoisotopic (exact) mass is 489 g/mol. The number of nitriles is 1. The van der Waals surface area contributed by atoms with Crippen molar-refractivity contribution in [1.82, 2.24) is 0 Å². The number of ketones is 2. The Hall–Kier alpha value is -4.03. The van der Waals surface area contributed by atoms with E-state index in [4.69, 9.17) is 0 Å². The molecule has 0 N–H and O–H groups in total. The van der Waals surface area contributed by atoms with E-state index in [0.717, 1.165) is 47.9 Å². The standard InChI is InChI=1S/C34H35NO2/c1-4-6-26-8-12-28(13-9-26)20-25(3)33(36)22-30-16-18-31(19-17-30)23-34(37)32(24-35)21-29-14-10-27(7-5-2)11-15-29/h8-21H,4-7,22-23H2,1-3H3. The molecule has 0 bridgehead atoms. The zero-order chi connectivity index (χ0) is 26.6. The van der Waals surface area contributed by atoms with Crippen molar-refractivity contribution in [2.75, 3.05) is 0 Å². The number of nitrogens with zero attached hydrogens (tertiary/aromatic N) is 1. The van der Waals surface area contributed by atoms with E-state index in [9.17, 15) is 14.9 Å². The zero-order valence-electron chi connectivity index (χ0n) is 22.1. The van der Waals surface area contributed by atoms with Gasteiger partial charge in [0.25, 0.3) is 0 Å². The molecule has 0 saturated carbocycles. The average molecular weight is 490 g/mol. The smallest absolute Gasteiger partial charge is 0.177 e. The third-order valence-electron chi connectivity index (χ3n) is 6.34. The molecule has 3 aromatic carbocycles. The van der Waals surface area contributed by atoms with Crippen molar-refractivity contribution in [3.63, 3.8) is 0 Å². The van der Waals surface area contributed by atoms with Crippen molar-refractivity contribution in [1.29, 1.82) is 5.26 Å². The van der Waals surface area contributed by atoms with E-state index in [0.29, 0.717) is 12.0 Å². The van der Waals surface area contributed by atoms with Crippen molar-refractivity contribution < 1.29 is 9.59 Å². The van der Waals surface area contributed by atoms with Crippen molar-refractivity contribution in [3.05, 3.63) is 117 Å². The molecule has 3 aromatic rings. The van der Waals surface area contributed by atoms with Crippen LogP contribution in [0.3, 0.4) is 0 Å². The van der Waals surface area contributed by atoms with Crippen LogP contribution in [0.2, 0.25) is 0 Å². The van der Waals surface area contributed by atoms with Crippen molar-refractivity contribution in [2.45, 2.75) is 59.3 Å². The summed E-state index contributed by atoms with van der Waals surface area (Å²) in [5.41, 5.74) is 7.00. The lowest BCUT2D eigenvalue weighted by Crippen LogP contribution is -2.06. The topological polar surface area (TPSA) is 57.9 Å². The van der Waals surface area contributed by atoms with Gasteiger partial charge in [-0.25, -0.2) is 0 Å². The molecule has 0 aliphatic heterocycles. The van der Waals surface area contributed by atoms with Crippen molar-refractivity contribution >= 4 is 23.7 Å². The van der Waals surface area contributed by atoms with Gasteiger partial charge in [0.15, 0.2) is 11.6 Å². The summed E-state index contributed by atoms with van der Waals surface area (Å²) in [7, 11) is 0. The van der Waals surface area contributed by atoms with Gasteiger partial charge < -0.3 is 0 Å². The first-order valence-electron chi connectivity index (χ1n) is 13.0. The van der Waals surface area contributed by atoms with Crippen LogP contribution in [0.15, 0.2) is 83.9 Å². The van der Waals surface area contributed by atoms with Crippen LogP contribution >= 0.6 is 0 Å². The quantitative estimate of drug-likeness (QED) is 0.195. The number of carbonyl (C=O) groups is 2. The number of hydrogen-bond acceptors (Lipinski definition) is 3. The Balaban J connectivity index is 1.59. The summed E-state index contributed by atoms with van der Waals surface area (Å²) in [6.07, 6.45) is 8.30. The maximum Gasteiger partial charge on any atom is 0.177 e. The number of rotatable bonds is 12. The fraction of sp³-hybridized carbons (Fsp3) is 0.265. The van der Waals surface area contributed by atoms with Gasteiger partial charge in [-0.2, -0.15) is 5.26 Å². The Kier molecular flexibility index (Phi) is 10.4. The van der Waals surface area contributed by atoms with Crippen LogP contribution in [-0.2, 0) is 35.3 Å². The van der Waals surface area contributed by atoms with Gasteiger partial charge in [-0.15, -0.1) is 0 Å². The normalized spacial score (nSPS) is 11.7. The number of benzene rings is 3. The van der Waals surface area contributed by atoms with E-state index in [-0.39, 0.29) is 23.6 Å². The molecule has 0 aliphatic rings. The molecule has 37 heavy (non-hydrogen) atoms. The van der Waals surface area contributed by atoms with Crippen molar-refractivity contribution in [2.24, 2.45) is 0 Å². The number of Topliss-reactive ketones (excluding diaryl/α,β-unsaturated/α-hetero) is 2. The zero-order valence-corrected chi connectivity index (χ0v) is 22.1. The van der Waals surface area contributed by atoms with Crippen LogP contribution in [0.5, 0.6) is 0 Å². The Morgan fingerprint density at radius 3 is 1.49 bits per heavy atom. The molecule has 0 radical (unpaired) electrons. The molecule has 0 spiro atoms. The number of aryl methyl sites for hydroxylation is 2. The molecule has 0 unspecified atom stereocenters. The predicted molar refractivity (Wildman–Crippen MR) is 152 cm³/mol. The van der Waals surface area contributed by atoms with Gasteiger partial charge in [0, 0.05) is 12.8 Å². The highest BCUT2D eigenvalue weighted by Gasteiger charge is 2.12. The van der Waals surface area contributed by atoms with Gasteiger partial charge >= 0.3 is 0 Å². The summed E-state index contributed by atoms with van der Waals surface area (Å²) in [4.78, 5) is 25.5. The van der Waals surface area contributed by atoms with Crippen LogP contribution in [0, 0.1) is 11.3 Å². The minimum absolute atomic E-state index is 0.0705. The highest BCUT2D eigenvalue weighted by molar-refractivity contribution is 6.04. The van der Waals surface area contributed by atoms with Gasteiger partial charge in [0.2, 0.25) is 0 Å². The van der Waals surface area contributed by atoms with Crippen LogP contribution in [0.25, 0.3) is 12.2 Å². The Morgan fingerprint density at radius 2 is 1.05 bits per heavy atom. The molecule has 0 aromatic heterocycles. The molecule has 188 valence electrons. The van der Waals surface area contributed by atoms with Gasteiger partial charge in [-0.3, -0.25) is 9.59 Å². The molecule has 0 saturated heterocycles. The number of allylic oxidation sites excluding steroid dienone is 2. The number of hydrogen-bond donors (Lipinski definition) is 0. The van der Waals surface area contributed by atoms with Crippen LogP contribution in [-0.4, -0.2) is 11.6 Å². The average Bonchev–Trinajstić information content (AvgIpc) is 2.90. The number of carbonyl (C=O) groups excluding carboxylic acids is 2. The molecule has 0 aliphatic carbocycles. The first-order chi connectivity index (χ1) is 17.9. The Bertz CT molecular complexity index is 1300. The van der Waals surface area contributed by atoms with Crippen LogP contribution in [0.4, 0.5) is 0 Å². The largest absolute Gasteiger partial charge is 0.294 e. The molecule has 3 nitrogen and oxygen atoms in total. The molecular formula is C34H35NO2. The summed E-state index contributed by atoms with van der Waals surface area (Å²) in [6, 6.07) is 25.8. The first kappa shape index (κ1) is 27.6. The SMILES string of the molecule is CCCc1ccc(C=C(C)C(=O)Cc2ccc(CC(=O)C(C#N)=Cc3ccc(CCC)cc3)cc2)cc1. The van der Waals surface area contributed by atoms with E-state index in [1.807, 2.05) is 61.5 Å². The molecule has 3 rings (SSSR count). The second-order valence-electron chi connectivity index (χ2n) is 9.50. The van der Waals surface area contributed by atoms with Crippen LogP contribution < -0.4 is 0 Å². The minimum Gasteiger partial charge on any atom is -0.294 e. The third kappa shape index (κ3) is 8.54. The van der Waals surface area contributed by atoms with Gasteiger partial charge in [0.05, 0.1) is 5.57 Å². The molecule has 0 atom stereocenters. The summed E-state index contributed by atoms with van der Waals surface area (Å²) in [5, 5.41) is 9.53. The summed E-state index contributed by atoms with van der Waals surface area (Å²) in [5.74, 6) is -0.145. The Morgan fingerprint density at radius 1 is 0.649 bits per heavy atom. The predicted octanol–water partition coefficient (Wildman–Crippen LogP) is 7.53.